The molecule has 0 unspecified atom stereocenters. The van der Waals surface area contributed by atoms with Crippen LogP contribution in [0, 0.1) is 5.92 Å². The zero-order chi connectivity index (χ0) is 17.7. The highest BCUT2D eigenvalue weighted by molar-refractivity contribution is 4.62. The molecule has 0 aromatic rings. The zero-order valence-electron chi connectivity index (χ0n) is 14.8. The third-order valence-corrected chi connectivity index (χ3v) is 2.95. The molecule has 9 heteroatoms. The van der Waals surface area contributed by atoms with Crippen molar-refractivity contribution < 1.29 is 45.0 Å². The monoisotopic (exact) mass is 354 g/mol. The van der Waals surface area contributed by atoms with E-state index >= 15 is 0 Å². The number of allylic oxidation sites excluding steroid dienone is 1. The highest BCUT2D eigenvalue weighted by Crippen LogP contribution is 2.11. The van der Waals surface area contributed by atoms with Gasteiger partial charge in [-0.1, -0.05) is 58.8 Å². The van der Waals surface area contributed by atoms with Crippen LogP contribution in [0.15, 0.2) is 12.3 Å². The fraction of sp³-hybridized carbons (Fsp3) is 0.867. The fourth-order valence-electron chi connectivity index (χ4n) is 1.80. The quantitative estimate of drug-likeness (QED) is 0.141. The minimum Gasteiger partial charge on any atom is -0.314 e. The average molecular weight is 354 g/mol. The summed E-state index contributed by atoms with van der Waals surface area (Å²) in [5, 5.41) is 27.6. The van der Waals surface area contributed by atoms with Crippen LogP contribution in [0.1, 0.15) is 72.1 Å². The molecule has 9 nitrogen and oxygen atoms in total. The highest BCUT2D eigenvalue weighted by Gasteiger charge is 1.97. The maximum Gasteiger partial charge on any atom is 0.128 e. The highest BCUT2D eigenvalue weighted by atomic mass is 17.9. The van der Waals surface area contributed by atoms with Crippen molar-refractivity contribution in [3.05, 3.63) is 12.3 Å². The standard InChI is InChI=1S/C15H30O9/c1-4-13-16-18-20-22-24-23-21-19-17-14-11-9-7-5-6-8-10-12-15(2)3/h4,13,15H,5-12,14H2,1-3H3. The smallest absolute Gasteiger partial charge is 0.128 e. The van der Waals surface area contributed by atoms with Crippen molar-refractivity contribution in [1.82, 2.24) is 0 Å². The summed E-state index contributed by atoms with van der Waals surface area (Å²) in [5.74, 6) is 0.809. The molecule has 0 aromatic carbocycles. The van der Waals surface area contributed by atoms with E-state index in [1.165, 1.54) is 44.8 Å². The van der Waals surface area contributed by atoms with E-state index in [1.54, 1.807) is 13.0 Å². The largest absolute Gasteiger partial charge is 0.314 e. The van der Waals surface area contributed by atoms with Crippen molar-refractivity contribution >= 4 is 0 Å². The first-order valence-corrected chi connectivity index (χ1v) is 8.33. The van der Waals surface area contributed by atoms with E-state index in [9.17, 15) is 0 Å². The Morgan fingerprint density at radius 1 is 0.667 bits per heavy atom. The molecule has 0 saturated carbocycles. The molecular formula is C15H30O9. The summed E-state index contributed by atoms with van der Waals surface area (Å²) in [4.78, 5) is 8.93. The molecule has 144 valence electrons. The summed E-state index contributed by atoms with van der Waals surface area (Å²) in [7, 11) is 0. The van der Waals surface area contributed by atoms with Gasteiger partial charge in [0.05, 0.1) is 6.61 Å². The maximum absolute atomic E-state index is 4.68. The second kappa shape index (κ2) is 20.3. The van der Waals surface area contributed by atoms with Gasteiger partial charge in [-0.3, -0.25) is 0 Å². The molecule has 0 N–H and O–H groups in total. The molecule has 0 spiro atoms. The van der Waals surface area contributed by atoms with E-state index < -0.39 is 0 Å². The molecule has 0 aliphatic heterocycles. The molecular weight excluding hydrogens is 324 g/mol. The molecule has 0 aliphatic carbocycles. The lowest BCUT2D eigenvalue weighted by Crippen LogP contribution is -2.02. The molecule has 24 heavy (non-hydrogen) atoms. The Morgan fingerprint density at radius 2 is 1.21 bits per heavy atom. The molecule has 0 aromatic heterocycles. The predicted molar refractivity (Wildman–Crippen MR) is 81.2 cm³/mol. The Bertz CT molecular complexity index is 261. The van der Waals surface area contributed by atoms with Crippen molar-refractivity contribution in [2.75, 3.05) is 6.61 Å². The summed E-state index contributed by atoms with van der Waals surface area (Å²) in [6.45, 7) is 6.62. The van der Waals surface area contributed by atoms with Gasteiger partial charge >= 0.3 is 0 Å². The predicted octanol–water partition coefficient (Wildman–Crippen LogP) is 4.77. The van der Waals surface area contributed by atoms with Gasteiger partial charge in [-0.2, -0.15) is 0 Å². The van der Waals surface area contributed by atoms with Crippen LogP contribution in [0.3, 0.4) is 0 Å². The Balaban J connectivity index is 2.98. The third kappa shape index (κ3) is 21.2. The summed E-state index contributed by atoms with van der Waals surface area (Å²) in [6.07, 6.45) is 12.4. The summed E-state index contributed by atoms with van der Waals surface area (Å²) in [6, 6.07) is 0. The van der Waals surface area contributed by atoms with Gasteiger partial charge in [0.15, 0.2) is 0 Å². The Kier molecular flexibility index (Phi) is 19.6. The fourth-order valence-corrected chi connectivity index (χ4v) is 1.80. The molecule has 0 atom stereocenters. The van der Waals surface area contributed by atoms with E-state index in [2.05, 4.69) is 58.9 Å². The molecule has 0 bridgehead atoms. The van der Waals surface area contributed by atoms with E-state index in [0.29, 0.717) is 6.61 Å². The number of hydrogen-bond acceptors (Lipinski definition) is 9. The number of hydrogen-bond donors (Lipinski definition) is 0. The minimum absolute atomic E-state index is 0.383. The maximum atomic E-state index is 4.68. The zero-order valence-corrected chi connectivity index (χ0v) is 14.8. The van der Waals surface area contributed by atoms with Gasteiger partial charge in [0.1, 0.15) is 6.26 Å². The van der Waals surface area contributed by atoms with E-state index in [4.69, 9.17) is 0 Å². The molecule has 0 aliphatic rings. The van der Waals surface area contributed by atoms with E-state index in [1.807, 2.05) is 0 Å². The van der Waals surface area contributed by atoms with Crippen LogP contribution in [0.2, 0.25) is 0 Å². The Labute approximate surface area is 143 Å². The number of rotatable bonds is 19. The molecule has 0 radical (unpaired) electrons. The van der Waals surface area contributed by atoms with Crippen LogP contribution in [-0.4, -0.2) is 6.61 Å². The van der Waals surface area contributed by atoms with Crippen LogP contribution in [0.5, 0.6) is 0 Å². The first kappa shape index (κ1) is 23.2. The van der Waals surface area contributed by atoms with Gasteiger partial charge in [-0.15, -0.1) is 0 Å². The first-order chi connectivity index (χ1) is 11.8. The molecule has 0 heterocycles. The molecule has 0 rings (SSSR count). The van der Waals surface area contributed by atoms with Gasteiger partial charge in [-0.05, 0) is 40.5 Å². The van der Waals surface area contributed by atoms with Crippen LogP contribution in [-0.2, 0) is 45.0 Å². The van der Waals surface area contributed by atoms with Crippen molar-refractivity contribution in [3.63, 3.8) is 0 Å². The van der Waals surface area contributed by atoms with Crippen molar-refractivity contribution in [1.29, 1.82) is 0 Å². The second-order valence-corrected chi connectivity index (χ2v) is 5.52. The van der Waals surface area contributed by atoms with Crippen LogP contribution in [0.4, 0.5) is 0 Å². The van der Waals surface area contributed by atoms with Gasteiger partial charge in [0.25, 0.3) is 0 Å². The van der Waals surface area contributed by atoms with Gasteiger partial charge in [0.2, 0.25) is 0 Å². The number of unbranched alkanes of at least 4 members (excludes halogenated alkanes) is 6. The van der Waals surface area contributed by atoms with Crippen LogP contribution < -0.4 is 0 Å². The van der Waals surface area contributed by atoms with Crippen molar-refractivity contribution in [2.45, 2.75) is 72.1 Å². The Hall–Kier alpha value is -0.780. The van der Waals surface area contributed by atoms with E-state index in [-0.39, 0.29) is 0 Å². The lowest BCUT2D eigenvalue weighted by molar-refractivity contribution is -0.829. The summed E-state index contributed by atoms with van der Waals surface area (Å²) < 4.78 is 0. The topological polar surface area (TPSA) is 83.1 Å². The van der Waals surface area contributed by atoms with Gasteiger partial charge < -0.3 is 4.89 Å². The SMILES string of the molecule is CC=COOOOOOOOOCCCCCCCCCC(C)C. The van der Waals surface area contributed by atoms with Crippen molar-refractivity contribution in [2.24, 2.45) is 5.92 Å². The normalized spacial score (nSPS) is 11.7. The van der Waals surface area contributed by atoms with Crippen LogP contribution >= 0.6 is 0 Å². The molecule has 0 fully saturated rings. The first-order valence-electron chi connectivity index (χ1n) is 8.33. The van der Waals surface area contributed by atoms with Crippen molar-refractivity contribution in [3.8, 4) is 0 Å². The van der Waals surface area contributed by atoms with Gasteiger partial charge in [0, 0.05) is 20.2 Å². The van der Waals surface area contributed by atoms with E-state index in [0.717, 1.165) is 18.8 Å². The molecule has 0 amide bonds. The minimum atomic E-state index is 0.383. The summed E-state index contributed by atoms with van der Waals surface area (Å²) >= 11 is 0. The third-order valence-electron chi connectivity index (χ3n) is 2.95. The second-order valence-electron chi connectivity index (χ2n) is 5.52. The van der Waals surface area contributed by atoms with Crippen LogP contribution in [0.25, 0.3) is 0 Å². The Morgan fingerprint density at radius 3 is 1.83 bits per heavy atom. The van der Waals surface area contributed by atoms with Gasteiger partial charge in [-0.25, -0.2) is 4.89 Å². The summed E-state index contributed by atoms with van der Waals surface area (Å²) in [5.41, 5.74) is 0. The lowest BCUT2D eigenvalue weighted by Gasteiger charge is -2.04. The average Bonchev–Trinajstić information content (AvgIpc) is 2.56. The molecule has 0 saturated heterocycles. The lowest BCUT2D eigenvalue weighted by atomic mass is 10.0.